The quantitative estimate of drug-likeness (QED) is 0.519. The Labute approximate surface area is 177 Å². The lowest BCUT2D eigenvalue weighted by Crippen LogP contribution is -2.33. The molecule has 0 spiro atoms. The van der Waals surface area contributed by atoms with Crippen LogP contribution >= 0.6 is 12.2 Å². The number of thiocarbonyl (C=S) groups is 1. The van der Waals surface area contributed by atoms with E-state index in [4.69, 9.17) is 21.4 Å². The van der Waals surface area contributed by atoms with Crippen LogP contribution in [0.1, 0.15) is 18.2 Å². The molecule has 0 saturated heterocycles. The summed E-state index contributed by atoms with van der Waals surface area (Å²) in [4.78, 5) is 4.17. The molecule has 0 atom stereocenters. The van der Waals surface area contributed by atoms with Crippen molar-refractivity contribution in [3.8, 4) is 5.75 Å². The zero-order valence-electron chi connectivity index (χ0n) is 17.1. The van der Waals surface area contributed by atoms with E-state index in [9.17, 15) is 0 Å². The number of hydrogen-bond donors (Lipinski definition) is 1. The van der Waals surface area contributed by atoms with Gasteiger partial charge in [0.1, 0.15) is 11.5 Å². The lowest BCUT2D eigenvalue weighted by Gasteiger charge is -2.26. The highest BCUT2D eigenvalue weighted by molar-refractivity contribution is 7.80. The Morgan fingerprint density at radius 2 is 1.76 bits per heavy atom. The largest absolute Gasteiger partial charge is 0.492 e. The molecular formula is C23H27N3O2S. The maximum absolute atomic E-state index is 5.75. The van der Waals surface area contributed by atoms with E-state index in [2.05, 4.69) is 39.4 Å². The summed E-state index contributed by atoms with van der Waals surface area (Å²) in [5, 5.41) is 3.96. The molecule has 0 fully saturated rings. The van der Waals surface area contributed by atoms with E-state index in [1.165, 1.54) is 5.56 Å². The number of anilines is 2. The van der Waals surface area contributed by atoms with Gasteiger partial charge >= 0.3 is 0 Å². The first kappa shape index (κ1) is 20.7. The SMILES string of the molecule is CCOc1ccccc1NC(=S)N(Cc1ccc(N(C)C)cc1)Cc1ccco1. The van der Waals surface area contributed by atoms with Crippen molar-refractivity contribution in [2.24, 2.45) is 0 Å². The van der Waals surface area contributed by atoms with Crippen molar-refractivity contribution in [1.82, 2.24) is 4.90 Å². The normalized spacial score (nSPS) is 10.4. The highest BCUT2D eigenvalue weighted by atomic mass is 32.1. The van der Waals surface area contributed by atoms with Crippen LogP contribution in [0, 0.1) is 0 Å². The predicted molar refractivity (Wildman–Crippen MR) is 123 cm³/mol. The fourth-order valence-corrected chi connectivity index (χ4v) is 3.19. The van der Waals surface area contributed by atoms with Gasteiger partial charge in [-0.05, 0) is 61.1 Å². The molecule has 3 rings (SSSR count). The molecule has 152 valence electrons. The standard InChI is InChI=1S/C23H27N3O2S/c1-4-27-22-10-6-5-9-21(22)24-23(29)26(17-20-8-7-15-28-20)16-18-11-13-19(14-12-18)25(2)3/h5-15H,4,16-17H2,1-3H3,(H,24,29). The van der Waals surface area contributed by atoms with Crippen LogP contribution in [-0.2, 0) is 13.1 Å². The van der Waals surface area contributed by atoms with Crippen LogP contribution in [0.3, 0.4) is 0 Å². The fourth-order valence-electron chi connectivity index (χ4n) is 2.96. The molecular weight excluding hydrogens is 382 g/mol. The minimum Gasteiger partial charge on any atom is -0.492 e. The van der Waals surface area contributed by atoms with Crippen molar-refractivity contribution in [2.45, 2.75) is 20.0 Å². The fraction of sp³-hybridized carbons (Fsp3) is 0.261. The number of ether oxygens (including phenoxy) is 1. The van der Waals surface area contributed by atoms with E-state index < -0.39 is 0 Å². The van der Waals surface area contributed by atoms with Crippen LogP contribution in [-0.4, -0.2) is 30.7 Å². The van der Waals surface area contributed by atoms with Gasteiger partial charge in [0.15, 0.2) is 5.11 Å². The molecule has 0 amide bonds. The molecule has 1 N–H and O–H groups in total. The van der Waals surface area contributed by atoms with Crippen LogP contribution in [0.4, 0.5) is 11.4 Å². The van der Waals surface area contributed by atoms with E-state index in [0.29, 0.717) is 24.8 Å². The van der Waals surface area contributed by atoms with E-state index in [-0.39, 0.29) is 0 Å². The van der Waals surface area contributed by atoms with E-state index in [1.54, 1.807) is 6.26 Å². The number of nitrogens with zero attached hydrogens (tertiary/aromatic N) is 2. The summed E-state index contributed by atoms with van der Waals surface area (Å²) in [6, 6.07) is 20.1. The van der Waals surface area contributed by atoms with E-state index in [0.717, 1.165) is 22.9 Å². The van der Waals surface area contributed by atoms with Crippen molar-refractivity contribution in [1.29, 1.82) is 0 Å². The van der Waals surface area contributed by atoms with Crippen LogP contribution in [0.2, 0.25) is 0 Å². The molecule has 6 heteroatoms. The lowest BCUT2D eigenvalue weighted by atomic mass is 10.2. The molecule has 29 heavy (non-hydrogen) atoms. The summed E-state index contributed by atoms with van der Waals surface area (Å²) in [7, 11) is 4.07. The summed E-state index contributed by atoms with van der Waals surface area (Å²) in [5.41, 5.74) is 3.19. The molecule has 1 aromatic heterocycles. The third-order valence-corrected chi connectivity index (χ3v) is 4.83. The monoisotopic (exact) mass is 409 g/mol. The van der Waals surface area contributed by atoms with Gasteiger partial charge in [-0.2, -0.15) is 0 Å². The summed E-state index contributed by atoms with van der Waals surface area (Å²) in [6.07, 6.45) is 1.68. The predicted octanol–water partition coefficient (Wildman–Crippen LogP) is 5.14. The Balaban J connectivity index is 1.78. The highest BCUT2D eigenvalue weighted by Gasteiger charge is 2.15. The minimum absolute atomic E-state index is 0.574. The van der Waals surface area contributed by atoms with Gasteiger partial charge < -0.3 is 24.3 Å². The number of furan rings is 1. The van der Waals surface area contributed by atoms with Gasteiger partial charge in [0, 0.05) is 26.3 Å². The Bertz CT molecular complexity index is 908. The second kappa shape index (κ2) is 9.98. The van der Waals surface area contributed by atoms with Crippen LogP contribution < -0.4 is 15.0 Å². The molecule has 5 nitrogen and oxygen atoms in total. The molecule has 2 aromatic carbocycles. The summed E-state index contributed by atoms with van der Waals surface area (Å²) in [6.45, 7) is 3.80. The molecule has 0 aliphatic heterocycles. The first-order valence-electron chi connectivity index (χ1n) is 9.63. The molecule has 0 aliphatic carbocycles. The van der Waals surface area contributed by atoms with Gasteiger partial charge in [0.25, 0.3) is 0 Å². The molecule has 0 bridgehead atoms. The molecule has 1 heterocycles. The number of nitrogens with one attached hydrogen (secondary N) is 1. The average Bonchev–Trinajstić information content (AvgIpc) is 3.23. The second-order valence-electron chi connectivity index (χ2n) is 6.86. The van der Waals surface area contributed by atoms with Crippen molar-refractivity contribution in [2.75, 3.05) is 30.9 Å². The number of para-hydroxylation sites is 2. The zero-order valence-corrected chi connectivity index (χ0v) is 17.9. The molecule has 0 unspecified atom stereocenters. The van der Waals surface area contributed by atoms with Crippen molar-refractivity contribution < 1.29 is 9.15 Å². The zero-order chi connectivity index (χ0) is 20.6. The lowest BCUT2D eigenvalue weighted by molar-refractivity contribution is 0.341. The number of rotatable bonds is 8. The maximum atomic E-state index is 5.75. The Morgan fingerprint density at radius 3 is 2.41 bits per heavy atom. The van der Waals surface area contributed by atoms with Gasteiger partial charge in [-0.15, -0.1) is 0 Å². The van der Waals surface area contributed by atoms with Crippen molar-refractivity contribution in [3.05, 3.63) is 78.3 Å². The van der Waals surface area contributed by atoms with Gasteiger partial charge in [-0.3, -0.25) is 0 Å². The Hall–Kier alpha value is -2.99. The first-order valence-corrected chi connectivity index (χ1v) is 10.0. The van der Waals surface area contributed by atoms with Crippen LogP contribution in [0.5, 0.6) is 5.75 Å². The second-order valence-corrected chi connectivity index (χ2v) is 7.24. The van der Waals surface area contributed by atoms with Crippen molar-refractivity contribution >= 4 is 28.7 Å². The van der Waals surface area contributed by atoms with E-state index in [1.807, 2.05) is 57.4 Å². The number of hydrogen-bond acceptors (Lipinski definition) is 4. The Morgan fingerprint density at radius 1 is 1.00 bits per heavy atom. The average molecular weight is 410 g/mol. The summed E-state index contributed by atoms with van der Waals surface area (Å²) >= 11 is 5.75. The van der Waals surface area contributed by atoms with Gasteiger partial charge in [-0.25, -0.2) is 0 Å². The smallest absolute Gasteiger partial charge is 0.174 e. The van der Waals surface area contributed by atoms with Crippen LogP contribution in [0.25, 0.3) is 0 Å². The molecule has 3 aromatic rings. The topological polar surface area (TPSA) is 40.9 Å². The van der Waals surface area contributed by atoms with Gasteiger partial charge in [0.2, 0.25) is 0 Å². The minimum atomic E-state index is 0.574. The first-order chi connectivity index (χ1) is 14.1. The maximum Gasteiger partial charge on any atom is 0.174 e. The molecule has 0 aliphatic rings. The molecule has 0 saturated carbocycles. The van der Waals surface area contributed by atoms with E-state index >= 15 is 0 Å². The van der Waals surface area contributed by atoms with Gasteiger partial charge in [-0.1, -0.05) is 24.3 Å². The van der Waals surface area contributed by atoms with Crippen LogP contribution in [0.15, 0.2) is 71.3 Å². The summed E-state index contributed by atoms with van der Waals surface area (Å²) in [5.74, 6) is 1.64. The van der Waals surface area contributed by atoms with Gasteiger partial charge in [0.05, 0.1) is 25.1 Å². The third kappa shape index (κ3) is 5.74. The van der Waals surface area contributed by atoms with Crippen molar-refractivity contribution in [3.63, 3.8) is 0 Å². The number of benzene rings is 2. The Kier molecular flexibility index (Phi) is 7.14. The third-order valence-electron chi connectivity index (χ3n) is 4.47. The highest BCUT2D eigenvalue weighted by Crippen LogP contribution is 2.25. The summed E-state index contributed by atoms with van der Waals surface area (Å²) < 4.78 is 11.3. The molecule has 0 radical (unpaired) electrons.